The van der Waals surface area contributed by atoms with Crippen molar-refractivity contribution < 1.29 is 14.3 Å². The van der Waals surface area contributed by atoms with Crippen LogP contribution in [0.15, 0.2) is 12.1 Å². The number of carbonyl (C=O) groups is 1. The minimum Gasteiger partial charge on any atom is -0.476 e. The first-order valence-corrected chi connectivity index (χ1v) is 8.78. The van der Waals surface area contributed by atoms with Gasteiger partial charge in [-0.25, -0.2) is 4.79 Å². The zero-order chi connectivity index (χ0) is 17.3. The lowest BCUT2D eigenvalue weighted by atomic mass is 10.0. The summed E-state index contributed by atoms with van der Waals surface area (Å²) in [4.78, 5) is 14.0. The van der Waals surface area contributed by atoms with E-state index in [1.807, 2.05) is 25.7 Å². The number of carbonyl (C=O) groups excluding carboxylic acids is 1. The highest BCUT2D eigenvalue weighted by Gasteiger charge is 2.43. The summed E-state index contributed by atoms with van der Waals surface area (Å²) >= 11 is 5.71. The standard InChI is InChI=1S/C17H24ClN3O3/c1-17(2,3)24-16(22)21-8-12-6-11(7-13(12)9-21)10-23-15-5-4-14(18)19-20-15/h4-5,11-13H,6-10H2,1-3H3/t11?,12-,13?/m1/s1. The Bertz CT molecular complexity index is 574. The number of hydrogen-bond donors (Lipinski definition) is 0. The summed E-state index contributed by atoms with van der Waals surface area (Å²) in [6, 6.07) is 3.40. The zero-order valence-corrected chi connectivity index (χ0v) is 15.1. The van der Waals surface area contributed by atoms with E-state index in [0.29, 0.717) is 35.4 Å². The fourth-order valence-electron chi connectivity index (χ4n) is 3.62. The minimum atomic E-state index is -0.440. The Hall–Kier alpha value is -1.56. The first-order valence-electron chi connectivity index (χ1n) is 8.40. The highest BCUT2D eigenvalue weighted by atomic mass is 35.5. The third-order valence-corrected chi connectivity index (χ3v) is 4.78. The molecule has 0 spiro atoms. The summed E-state index contributed by atoms with van der Waals surface area (Å²) in [7, 11) is 0. The van der Waals surface area contributed by atoms with Crippen molar-refractivity contribution in [2.45, 2.75) is 39.2 Å². The Morgan fingerprint density at radius 2 is 1.92 bits per heavy atom. The second-order valence-corrected chi connectivity index (χ2v) is 8.14. The molecule has 1 amide bonds. The van der Waals surface area contributed by atoms with Crippen molar-refractivity contribution >= 4 is 17.7 Å². The molecular weight excluding hydrogens is 330 g/mol. The number of rotatable bonds is 3. The molecule has 1 saturated carbocycles. The van der Waals surface area contributed by atoms with Gasteiger partial charge in [0.1, 0.15) is 5.60 Å². The first-order chi connectivity index (χ1) is 11.3. The van der Waals surface area contributed by atoms with E-state index < -0.39 is 5.60 Å². The summed E-state index contributed by atoms with van der Waals surface area (Å²) in [5.41, 5.74) is -0.440. The molecule has 1 aromatic heterocycles. The van der Waals surface area contributed by atoms with Gasteiger partial charge in [-0.2, -0.15) is 0 Å². The molecule has 2 fully saturated rings. The smallest absolute Gasteiger partial charge is 0.410 e. The maximum atomic E-state index is 12.2. The van der Waals surface area contributed by atoms with E-state index in [-0.39, 0.29) is 6.09 Å². The first kappa shape index (κ1) is 17.3. The van der Waals surface area contributed by atoms with Crippen LogP contribution in [0.5, 0.6) is 5.88 Å². The summed E-state index contributed by atoms with van der Waals surface area (Å²) < 4.78 is 11.2. The maximum absolute atomic E-state index is 12.2. The van der Waals surface area contributed by atoms with Crippen LogP contribution in [0.25, 0.3) is 0 Å². The van der Waals surface area contributed by atoms with E-state index >= 15 is 0 Å². The van der Waals surface area contributed by atoms with Crippen LogP contribution in [-0.2, 0) is 4.74 Å². The molecule has 2 aliphatic rings. The molecule has 2 heterocycles. The number of aromatic nitrogens is 2. The van der Waals surface area contributed by atoms with Crippen LogP contribution < -0.4 is 4.74 Å². The highest BCUT2D eigenvalue weighted by Crippen LogP contribution is 2.42. The van der Waals surface area contributed by atoms with E-state index in [9.17, 15) is 4.79 Å². The van der Waals surface area contributed by atoms with Gasteiger partial charge >= 0.3 is 6.09 Å². The van der Waals surface area contributed by atoms with Crippen LogP contribution in [0.4, 0.5) is 4.79 Å². The molecule has 0 N–H and O–H groups in total. The van der Waals surface area contributed by atoms with Crippen LogP contribution in [0.3, 0.4) is 0 Å². The van der Waals surface area contributed by atoms with E-state index in [4.69, 9.17) is 21.1 Å². The number of fused-ring (bicyclic) bond motifs is 1. The molecule has 1 saturated heterocycles. The monoisotopic (exact) mass is 353 g/mol. The fraction of sp³-hybridized carbons (Fsp3) is 0.706. The molecular formula is C17H24ClN3O3. The van der Waals surface area contributed by atoms with Gasteiger partial charge in [0, 0.05) is 19.2 Å². The van der Waals surface area contributed by atoms with Gasteiger partial charge in [-0.1, -0.05) is 11.6 Å². The van der Waals surface area contributed by atoms with E-state index in [1.165, 1.54) is 0 Å². The lowest BCUT2D eigenvalue weighted by Gasteiger charge is -2.25. The van der Waals surface area contributed by atoms with Crippen molar-refractivity contribution in [2.24, 2.45) is 17.8 Å². The Labute approximate surface area is 147 Å². The Kier molecular flexibility index (Phi) is 4.85. The molecule has 0 bridgehead atoms. The van der Waals surface area contributed by atoms with E-state index in [2.05, 4.69) is 10.2 Å². The largest absolute Gasteiger partial charge is 0.476 e. The molecule has 1 aliphatic carbocycles. The van der Waals surface area contributed by atoms with Crippen LogP contribution >= 0.6 is 11.6 Å². The predicted octanol–water partition coefficient (Wildman–Crippen LogP) is 3.40. The van der Waals surface area contributed by atoms with Crippen LogP contribution in [-0.4, -0.2) is 46.5 Å². The Morgan fingerprint density at radius 1 is 1.25 bits per heavy atom. The van der Waals surface area contributed by atoms with Gasteiger partial charge in [-0.3, -0.25) is 0 Å². The second kappa shape index (κ2) is 6.75. The Balaban J connectivity index is 1.45. The summed E-state index contributed by atoms with van der Waals surface area (Å²) in [6.07, 6.45) is 1.96. The topological polar surface area (TPSA) is 64.5 Å². The quantitative estimate of drug-likeness (QED) is 0.833. The van der Waals surface area contributed by atoms with Gasteiger partial charge in [-0.05, 0) is 57.4 Å². The molecule has 3 atom stereocenters. The zero-order valence-electron chi connectivity index (χ0n) is 14.4. The van der Waals surface area contributed by atoms with Crippen molar-refractivity contribution in [3.63, 3.8) is 0 Å². The minimum absolute atomic E-state index is 0.193. The van der Waals surface area contributed by atoms with Gasteiger partial charge in [0.15, 0.2) is 5.15 Å². The number of likely N-dealkylation sites (tertiary alicyclic amines) is 1. The number of halogens is 1. The van der Waals surface area contributed by atoms with Gasteiger partial charge in [0.2, 0.25) is 5.88 Å². The molecule has 2 unspecified atom stereocenters. The highest BCUT2D eigenvalue weighted by molar-refractivity contribution is 6.29. The van der Waals surface area contributed by atoms with Gasteiger partial charge in [-0.15, -0.1) is 10.2 Å². The van der Waals surface area contributed by atoms with Crippen molar-refractivity contribution in [3.8, 4) is 5.88 Å². The number of nitrogens with zero attached hydrogens (tertiary/aromatic N) is 3. The van der Waals surface area contributed by atoms with Gasteiger partial charge in [0.05, 0.1) is 6.61 Å². The second-order valence-electron chi connectivity index (χ2n) is 7.75. The number of amides is 1. The van der Waals surface area contributed by atoms with Crippen LogP contribution in [0, 0.1) is 17.8 Å². The average molecular weight is 354 g/mol. The molecule has 24 heavy (non-hydrogen) atoms. The third-order valence-electron chi connectivity index (χ3n) is 4.57. The molecule has 132 valence electrons. The van der Waals surface area contributed by atoms with E-state index in [1.54, 1.807) is 12.1 Å². The summed E-state index contributed by atoms with van der Waals surface area (Å²) in [5, 5.41) is 8.04. The molecule has 7 heteroatoms. The fourth-order valence-corrected chi connectivity index (χ4v) is 3.72. The van der Waals surface area contributed by atoms with Gasteiger partial charge in [0.25, 0.3) is 0 Å². The van der Waals surface area contributed by atoms with Crippen LogP contribution in [0.2, 0.25) is 5.15 Å². The maximum Gasteiger partial charge on any atom is 0.410 e. The van der Waals surface area contributed by atoms with E-state index in [0.717, 1.165) is 25.9 Å². The summed E-state index contributed by atoms with van der Waals surface area (Å²) in [6.45, 7) is 7.90. The molecule has 1 aliphatic heterocycles. The predicted molar refractivity (Wildman–Crippen MR) is 90.0 cm³/mol. The summed E-state index contributed by atoms with van der Waals surface area (Å²) in [5.74, 6) is 2.09. The van der Waals surface area contributed by atoms with Gasteiger partial charge < -0.3 is 14.4 Å². The number of hydrogen-bond acceptors (Lipinski definition) is 5. The normalized spacial score (nSPS) is 26.3. The van der Waals surface area contributed by atoms with Crippen molar-refractivity contribution in [1.29, 1.82) is 0 Å². The lowest BCUT2D eigenvalue weighted by molar-refractivity contribution is 0.0276. The van der Waals surface area contributed by atoms with Crippen molar-refractivity contribution in [3.05, 3.63) is 17.3 Å². The molecule has 3 rings (SSSR count). The van der Waals surface area contributed by atoms with Crippen molar-refractivity contribution in [1.82, 2.24) is 15.1 Å². The van der Waals surface area contributed by atoms with Crippen LogP contribution in [0.1, 0.15) is 33.6 Å². The Morgan fingerprint density at radius 3 is 2.46 bits per heavy atom. The third kappa shape index (κ3) is 4.29. The number of ether oxygens (including phenoxy) is 2. The molecule has 0 aromatic carbocycles. The molecule has 0 radical (unpaired) electrons. The van der Waals surface area contributed by atoms with Crippen molar-refractivity contribution in [2.75, 3.05) is 19.7 Å². The lowest BCUT2D eigenvalue weighted by Crippen LogP contribution is -2.36. The SMILES string of the molecule is CC(C)(C)OC(=O)N1CC2CC(COc3ccc(Cl)nn3)C[C@@H]2C1. The molecule has 6 nitrogen and oxygen atoms in total. The molecule has 1 aromatic rings. The average Bonchev–Trinajstić information content (AvgIpc) is 3.03.